The first-order chi connectivity index (χ1) is 12.9. The third-order valence-electron chi connectivity index (χ3n) is 4.84. The van der Waals surface area contributed by atoms with Crippen LogP contribution in [-0.2, 0) is 0 Å². The molecule has 126 valence electrons. The van der Waals surface area contributed by atoms with E-state index in [1.807, 2.05) is 36.4 Å². The van der Waals surface area contributed by atoms with Gasteiger partial charge in [-0.3, -0.25) is 0 Å². The van der Waals surface area contributed by atoms with Gasteiger partial charge in [0.15, 0.2) is 0 Å². The normalized spacial score (nSPS) is 16.5. The van der Waals surface area contributed by atoms with Crippen LogP contribution >= 0.6 is 0 Å². The van der Waals surface area contributed by atoms with Crippen LogP contribution in [0, 0.1) is 0 Å². The van der Waals surface area contributed by atoms with Crippen LogP contribution < -0.4 is 4.74 Å². The first-order valence-electron chi connectivity index (χ1n) is 8.83. The fourth-order valence-electron chi connectivity index (χ4n) is 3.54. The molecule has 0 bridgehead atoms. The Morgan fingerprint density at radius 3 is 2.54 bits per heavy atom. The lowest BCUT2D eigenvalue weighted by molar-refractivity contribution is 0.217. The van der Waals surface area contributed by atoms with Crippen LogP contribution in [0.4, 0.5) is 5.69 Å². The van der Waals surface area contributed by atoms with Crippen LogP contribution in [-0.4, -0.2) is 10.7 Å². The molecule has 1 aliphatic rings. The van der Waals surface area contributed by atoms with Crippen LogP contribution in [0.5, 0.6) is 5.75 Å². The molecule has 5 rings (SSSR count). The van der Waals surface area contributed by atoms with E-state index in [1.165, 1.54) is 5.39 Å². The van der Waals surface area contributed by atoms with Crippen molar-refractivity contribution in [2.75, 3.05) is 0 Å². The SMILES string of the molecule is c1ccc(C2CC(c3c[nH]c4ccccc34)=Nc3ccccc3O2)cc1. The number of nitrogens with zero attached hydrogens (tertiary/aromatic N) is 1. The van der Waals surface area contributed by atoms with Gasteiger partial charge < -0.3 is 9.72 Å². The number of hydrogen-bond acceptors (Lipinski definition) is 2. The molecule has 1 aromatic heterocycles. The molecule has 3 nitrogen and oxygen atoms in total. The maximum Gasteiger partial charge on any atom is 0.145 e. The second kappa shape index (κ2) is 6.19. The van der Waals surface area contributed by atoms with E-state index >= 15 is 0 Å². The quantitative estimate of drug-likeness (QED) is 0.492. The highest BCUT2D eigenvalue weighted by molar-refractivity contribution is 6.12. The predicted octanol–water partition coefficient (Wildman–Crippen LogP) is 5.81. The molecular weight excluding hydrogens is 320 g/mol. The second-order valence-electron chi connectivity index (χ2n) is 6.50. The summed E-state index contributed by atoms with van der Waals surface area (Å²) < 4.78 is 6.36. The van der Waals surface area contributed by atoms with Crippen LogP contribution in [0.1, 0.15) is 23.7 Å². The summed E-state index contributed by atoms with van der Waals surface area (Å²) in [6.07, 6.45) is 2.72. The topological polar surface area (TPSA) is 37.4 Å². The number of rotatable bonds is 2. The minimum Gasteiger partial charge on any atom is -0.483 e. The van der Waals surface area contributed by atoms with Gasteiger partial charge in [0, 0.05) is 29.1 Å². The van der Waals surface area contributed by atoms with E-state index in [4.69, 9.17) is 9.73 Å². The number of fused-ring (bicyclic) bond motifs is 2. The van der Waals surface area contributed by atoms with E-state index < -0.39 is 0 Å². The van der Waals surface area contributed by atoms with Crippen LogP contribution in [0.2, 0.25) is 0 Å². The third kappa shape index (κ3) is 2.58. The van der Waals surface area contributed by atoms with Crippen molar-refractivity contribution in [2.45, 2.75) is 12.5 Å². The summed E-state index contributed by atoms with van der Waals surface area (Å²) in [5.41, 5.74) is 5.35. The predicted molar refractivity (Wildman–Crippen MR) is 105 cm³/mol. The molecule has 0 spiro atoms. The average molecular weight is 338 g/mol. The van der Waals surface area contributed by atoms with Gasteiger partial charge in [-0.1, -0.05) is 60.7 Å². The lowest BCUT2D eigenvalue weighted by Crippen LogP contribution is -2.12. The summed E-state index contributed by atoms with van der Waals surface area (Å²) in [6.45, 7) is 0. The number of aromatic nitrogens is 1. The van der Waals surface area contributed by atoms with Gasteiger partial charge in [0.05, 0.1) is 5.71 Å². The number of para-hydroxylation sites is 3. The Bertz CT molecular complexity index is 1100. The highest BCUT2D eigenvalue weighted by Gasteiger charge is 2.23. The Morgan fingerprint density at radius 2 is 1.62 bits per heavy atom. The zero-order chi connectivity index (χ0) is 17.3. The van der Waals surface area contributed by atoms with Crippen molar-refractivity contribution in [3.63, 3.8) is 0 Å². The largest absolute Gasteiger partial charge is 0.483 e. The van der Waals surface area contributed by atoms with Crippen molar-refractivity contribution in [1.82, 2.24) is 4.98 Å². The number of nitrogens with one attached hydrogen (secondary N) is 1. The summed E-state index contributed by atoms with van der Waals surface area (Å²) in [5.74, 6) is 0.830. The number of ether oxygens (including phenoxy) is 1. The monoisotopic (exact) mass is 338 g/mol. The molecule has 2 heterocycles. The molecule has 1 unspecified atom stereocenters. The zero-order valence-corrected chi connectivity index (χ0v) is 14.2. The van der Waals surface area contributed by atoms with E-state index in [2.05, 4.69) is 53.6 Å². The molecule has 3 heteroatoms. The minimum absolute atomic E-state index is 0.0627. The van der Waals surface area contributed by atoms with Gasteiger partial charge in [0.25, 0.3) is 0 Å². The van der Waals surface area contributed by atoms with Gasteiger partial charge in [-0.25, -0.2) is 4.99 Å². The van der Waals surface area contributed by atoms with Crippen molar-refractivity contribution in [3.8, 4) is 5.75 Å². The fourth-order valence-corrected chi connectivity index (χ4v) is 3.54. The molecule has 4 aromatic rings. The summed E-state index contributed by atoms with van der Waals surface area (Å²) in [4.78, 5) is 8.34. The molecule has 0 radical (unpaired) electrons. The average Bonchev–Trinajstić information content (AvgIpc) is 3.03. The number of hydrogen-bond donors (Lipinski definition) is 1. The molecule has 1 N–H and O–H groups in total. The van der Waals surface area contributed by atoms with Gasteiger partial charge >= 0.3 is 0 Å². The third-order valence-corrected chi connectivity index (χ3v) is 4.84. The van der Waals surface area contributed by atoms with E-state index in [0.29, 0.717) is 0 Å². The smallest absolute Gasteiger partial charge is 0.145 e. The van der Waals surface area contributed by atoms with Gasteiger partial charge in [-0.15, -0.1) is 0 Å². The highest BCUT2D eigenvalue weighted by Crippen LogP contribution is 2.38. The Morgan fingerprint density at radius 1 is 0.846 bits per heavy atom. The maximum atomic E-state index is 6.36. The summed E-state index contributed by atoms with van der Waals surface area (Å²) >= 11 is 0. The highest BCUT2D eigenvalue weighted by atomic mass is 16.5. The molecule has 0 amide bonds. The fraction of sp³-hybridized carbons (Fsp3) is 0.0870. The number of benzene rings is 3. The van der Waals surface area contributed by atoms with Crippen LogP contribution in [0.3, 0.4) is 0 Å². The lowest BCUT2D eigenvalue weighted by atomic mass is 9.99. The van der Waals surface area contributed by atoms with Crippen molar-refractivity contribution < 1.29 is 4.74 Å². The Kier molecular flexibility index (Phi) is 3.56. The molecule has 3 aromatic carbocycles. The second-order valence-corrected chi connectivity index (χ2v) is 6.50. The Hall–Kier alpha value is -3.33. The van der Waals surface area contributed by atoms with Crippen LogP contribution in [0.25, 0.3) is 10.9 Å². The van der Waals surface area contributed by atoms with Crippen molar-refractivity contribution in [1.29, 1.82) is 0 Å². The molecular formula is C23H18N2O. The maximum absolute atomic E-state index is 6.36. The molecule has 0 saturated heterocycles. The lowest BCUT2D eigenvalue weighted by Gasteiger charge is -2.18. The Balaban J connectivity index is 1.67. The molecule has 26 heavy (non-hydrogen) atoms. The van der Waals surface area contributed by atoms with E-state index in [0.717, 1.165) is 40.2 Å². The molecule has 0 aliphatic carbocycles. The van der Waals surface area contributed by atoms with E-state index in [-0.39, 0.29) is 6.10 Å². The van der Waals surface area contributed by atoms with Crippen LogP contribution in [0.15, 0.2) is 90.1 Å². The van der Waals surface area contributed by atoms with Crippen molar-refractivity contribution in [3.05, 3.63) is 96.2 Å². The van der Waals surface area contributed by atoms with Gasteiger partial charge in [-0.2, -0.15) is 0 Å². The summed E-state index contributed by atoms with van der Waals surface area (Å²) in [6, 6.07) is 26.7. The standard InChI is InChI=1S/C23H18N2O/c1-2-8-16(9-3-1)23-14-21(25-20-12-6-7-13-22(20)26-23)18-15-24-19-11-5-4-10-17(18)19/h1-13,15,23-24H,14H2. The summed E-state index contributed by atoms with van der Waals surface area (Å²) in [5, 5.41) is 1.19. The number of aromatic amines is 1. The van der Waals surface area contributed by atoms with Crippen molar-refractivity contribution in [2.24, 2.45) is 4.99 Å². The number of H-pyrrole nitrogens is 1. The number of aliphatic imine (C=N–C) groups is 1. The first kappa shape index (κ1) is 15.0. The van der Waals surface area contributed by atoms with Gasteiger partial charge in [0.1, 0.15) is 17.5 Å². The molecule has 0 saturated carbocycles. The minimum atomic E-state index is -0.0627. The Labute approximate surface area is 152 Å². The summed E-state index contributed by atoms with van der Waals surface area (Å²) in [7, 11) is 0. The van der Waals surface area contributed by atoms with Crippen molar-refractivity contribution >= 4 is 22.3 Å². The molecule has 1 aliphatic heterocycles. The molecule has 1 atom stereocenters. The first-order valence-corrected chi connectivity index (χ1v) is 8.83. The van der Waals surface area contributed by atoms with Gasteiger partial charge in [-0.05, 0) is 23.8 Å². The zero-order valence-electron chi connectivity index (χ0n) is 14.2. The van der Waals surface area contributed by atoms with E-state index in [1.54, 1.807) is 0 Å². The van der Waals surface area contributed by atoms with Gasteiger partial charge in [0.2, 0.25) is 0 Å². The molecule has 0 fully saturated rings. The van der Waals surface area contributed by atoms with E-state index in [9.17, 15) is 0 Å².